The van der Waals surface area contributed by atoms with Gasteiger partial charge in [-0.05, 0) is 76.2 Å². The first kappa shape index (κ1) is 32.4. The van der Waals surface area contributed by atoms with Crippen molar-refractivity contribution in [2.45, 2.75) is 51.0 Å². The van der Waals surface area contributed by atoms with Gasteiger partial charge in [0.1, 0.15) is 0 Å². The van der Waals surface area contributed by atoms with Crippen molar-refractivity contribution in [3.63, 3.8) is 0 Å². The highest BCUT2D eigenvalue weighted by molar-refractivity contribution is 5.79. The zero-order valence-electron chi connectivity index (χ0n) is 26.0. The molecule has 0 radical (unpaired) electrons. The highest BCUT2D eigenvalue weighted by atomic mass is 16.7. The van der Waals surface area contributed by atoms with Crippen molar-refractivity contribution in [2.75, 3.05) is 67.3 Å². The fraction of sp³-hybridized carbons (Fsp3) is 0.576. The largest absolute Gasteiger partial charge is 0.493 e. The van der Waals surface area contributed by atoms with E-state index in [-0.39, 0.29) is 31.8 Å². The first-order chi connectivity index (χ1) is 20.8. The fourth-order valence-corrected chi connectivity index (χ4v) is 6.08. The smallest absolute Gasteiger partial charge is 0.308 e. The van der Waals surface area contributed by atoms with Gasteiger partial charge >= 0.3 is 5.97 Å². The number of methoxy groups -OCH3 is 1. The maximum atomic E-state index is 13.8. The fourth-order valence-electron chi connectivity index (χ4n) is 6.08. The summed E-state index contributed by atoms with van der Waals surface area (Å²) in [6.45, 7) is 5.57. The standard InChI is InChI=1S/C33H47N3O7/c1-5-6-17-35(18-10-9-16-34(2)3)31(37)22-36-21-25(24-13-14-29-30(20-24)43-23-42-29)32(33(38)39)26(36)15-19-41-28-12-8-7-11-27(28)40-4/h7-8,11-14,20,25-26,32H,5-6,9-10,15-19,21-23H2,1-4H3,(H,38,39)/t25-,26+,32-/m1/s1. The maximum Gasteiger partial charge on any atom is 0.308 e. The quantitative estimate of drug-likeness (QED) is 0.267. The molecule has 2 aliphatic rings. The number of rotatable bonds is 17. The van der Waals surface area contributed by atoms with Crippen LogP contribution in [0.5, 0.6) is 23.0 Å². The van der Waals surface area contributed by atoms with Gasteiger partial charge in [0, 0.05) is 31.6 Å². The molecule has 1 saturated heterocycles. The van der Waals surface area contributed by atoms with Gasteiger partial charge in [-0.25, -0.2) is 0 Å². The van der Waals surface area contributed by atoms with E-state index in [0.29, 0.717) is 49.1 Å². The summed E-state index contributed by atoms with van der Waals surface area (Å²) in [5, 5.41) is 10.5. The molecule has 2 aromatic carbocycles. The summed E-state index contributed by atoms with van der Waals surface area (Å²) >= 11 is 0. The lowest BCUT2D eigenvalue weighted by molar-refractivity contribution is -0.144. The summed E-state index contributed by atoms with van der Waals surface area (Å²) in [5.41, 5.74) is 0.869. The Hall–Kier alpha value is -3.50. The van der Waals surface area contributed by atoms with Crippen LogP contribution in [0.1, 0.15) is 50.5 Å². The maximum absolute atomic E-state index is 13.8. The van der Waals surface area contributed by atoms with Gasteiger partial charge in [-0.3, -0.25) is 14.5 Å². The Labute approximate surface area is 255 Å². The highest BCUT2D eigenvalue weighted by Crippen LogP contribution is 2.43. The molecular weight excluding hydrogens is 550 g/mol. The predicted octanol–water partition coefficient (Wildman–Crippen LogP) is 4.33. The third-order valence-electron chi connectivity index (χ3n) is 8.35. The summed E-state index contributed by atoms with van der Waals surface area (Å²) in [5.74, 6) is 0.622. The van der Waals surface area contributed by atoms with Crippen molar-refractivity contribution in [1.82, 2.24) is 14.7 Å². The molecule has 10 heteroatoms. The number of hydrogen-bond donors (Lipinski definition) is 1. The van der Waals surface area contributed by atoms with Crippen LogP contribution in [0.3, 0.4) is 0 Å². The number of carbonyl (C=O) groups is 2. The molecule has 0 aromatic heterocycles. The van der Waals surface area contributed by atoms with Gasteiger partial charge in [0.25, 0.3) is 0 Å². The van der Waals surface area contributed by atoms with E-state index in [2.05, 4.69) is 30.8 Å². The molecule has 3 atom stereocenters. The van der Waals surface area contributed by atoms with Crippen LogP contribution in [0, 0.1) is 5.92 Å². The summed E-state index contributed by atoms with van der Waals surface area (Å²) in [4.78, 5) is 32.8. The second-order valence-electron chi connectivity index (χ2n) is 11.6. The molecule has 236 valence electrons. The number of carbonyl (C=O) groups excluding carboxylic acids is 1. The van der Waals surface area contributed by atoms with E-state index in [9.17, 15) is 14.7 Å². The lowest BCUT2D eigenvalue weighted by Gasteiger charge is -2.30. The summed E-state index contributed by atoms with van der Waals surface area (Å²) in [7, 11) is 5.70. The van der Waals surface area contributed by atoms with E-state index in [4.69, 9.17) is 18.9 Å². The van der Waals surface area contributed by atoms with Crippen LogP contribution in [0.2, 0.25) is 0 Å². The molecule has 10 nitrogen and oxygen atoms in total. The van der Waals surface area contributed by atoms with Gasteiger partial charge in [-0.2, -0.15) is 0 Å². The second-order valence-corrected chi connectivity index (χ2v) is 11.6. The average Bonchev–Trinajstić information content (AvgIpc) is 3.61. The molecule has 1 fully saturated rings. The summed E-state index contributed by atoms with van der Waals surface area (Å²) < 4.78 is 22.6. The van der Waals surface area contributed by atoms with Crippen molar-refractivity contribution in [3.8, 4) is 23.0 Å². The predicted molar refractivity (Wildman–Crippen MR) is 164 cm³/mol. The normalized spacial score (nSPS) is 19.5. The number of hydrogen-bond acceptors (Lipinski definition) is 8. The molecule has 0 saturated carbocycles. The SMILES string of the molecule is CCCCN(CCCCN(C)C)C(=O)CN1C[C@H](c2ccc3c(c2)OCO3)[C@@H](C(=O)O)[C@@H]1CCOc1ccccc1OC. The molecule has 0 unspecified atom stereocenters. The number of fused-ring (bicyclic) bond motifs is 1. The number of para-hydroxylation sites is 2. The number of amides is 1. The Morgan fingerprint density at radius 2 is 1.72 bits per heavy atom. The van der Waals surface area contributed by atoms with Gasteiger partial charge in [-0.15, -0.1) is 0 Å². The molecule has 0 aliphatic carbocycles. The van der Waals surface area contributed by atoms with Gasteiger partial charge in [0.15, 0.2) is 23.0 Å². The highest BCUT2D eigenvalue weighted by Gasteiger charge is 2.47. The minimum atomic E-state index is -0.883. The summed E-state index contributed by atoms with van der Waals surface area (Å²) in [6.07, 6.45) is 4.33. The molecule has 2 aliphatic heterocycles. The van der Waals surface area contributed by atoms with Gasteiger partial charge in [0.05, 0.1) is 26.2 Å². The molecule has 2 aromatic rings. The monoisotopic (exact) mass is 597 g/mol. The molecule has 1 N–H and O–H groups in total. The van der Waals surface area contributed by atoms with Crippen molar-refractivity contribution in [2.24, 2.45) is 5.92 Å². The van der Waals surface area contributed by atoms with Crippen LogP contribution in [0.25, 0.3) is 0 Å². The van der Waals surface area contributed by atoms with Crippen LogP contribution in [0.15, 0.2) is 42.5 Å². The first-order valence-corrected chi connectivity index (χ1v) is 15.4. The molecule has 0 spiro atoms. The molecular formula is C33H47N3O7. The zero-order chi connectivity index (χ0) is 30.8. The van der Waals surface area contributed by atoms with E-state index < -0.39 is 17.9 Å². The number of nitrogens with zero attached hydrogens (tertiary/aromatic N) is 3. The third-order valence-corrected chi connectivity index (χ3v) is 8.35. The van der Waals surface area contributed by atoms with E-state index in [1.165, 1.54) is 0 Å². The third kappa shape index (κ3) is 8.54. The van der Waals surface area contributed by atoms with E-state index in [0.717, 1.165) is 37.8 Å². The van der Waals surface area contributed by atoms with Crippen LogP contribution in [-0.2, 0) is 9.59 Å². The minimum Gasteiger partial charge on any atom is -0.493 e. The lowest BCUT2D eigenvalue weighted by atomic mass is 9.84. The molecule has 1 amide bonds. The number of carboxylic acids is 1. The molecule has 43 heavy (non-hydrogen) atoms. The first-order valence-electron chi connectivity index (χ1n) is 15.4. The van der Waals surface area contributed by atoms with Crippen molar-refractivity contribution in [1.29, 1.82) is 0 Å². The van der Waals surface area contributed by atoms with Crippen LogP contribution >= 0.6 is 0 Å². The van der Waals surface area contributed by atoms with E-state index in [1.807, 2.05) is 47.4 Å². The van der Waals surface area contributed by atoms with Gasteiger partial charge < -0.3 is 33.9 Å². The van der Waals surface area contributed by atoms with Gasteiger partial charge in [0.2, 0.25) is 12.7 Å². The minimum absolute atomic E-state index is 0.0458. The number of ether oxygens (including phenoxy) is 4. The summed E-state index contributed by atoms with van der Waals surface area (Å²) in [6, 6.07) is 12.7. The number of carboxylic acid groups (broad SMARTS) is 1. The van der Waals surface area contributed by atoms with Crippen molar-refractivity contribution < 1.29 is 33.6 Å². The Morgan fingerprint density at radius 1 is 1.00 bits per heavy atom. The number of benzene rings is 2. The average molecular weight is 598 g/mol. The molecule has 0 bridgehead atoms. The zero-order valence-corrected chi connectivity index (χ0v) is 26.0. The van der Waals surface area contributed by atoms with Crippen LogP contribution in [-0.4, -0.2) is 105 Å². The Balaban J connectivity index is 1.54. The molecule has 4 rings (SSSR count). The lowest BCUT2D eigenvalue weighted by Crippen LogP contribution is -2.45. The molecule has 2 heterocycles. The second kappa shape index (κ2) is 15.8. The van der Waals surface area contributed by atoms with Crippen LogP contribution < -0.4 is 18.9 Å². The van der Waals surface area contributed by atoms with Gasteiger partial charge in [-0.1, -0.05) is 31.5 Å². The Bertz CT molecular complexity index is 1210. The topological polar surface area (TPSA) is 101 Å². The van der Waals surface area contributed by atoms with Crippen LogP contribution in [0.4, 0.5) is 0 Å². The Kier molecular flexibility index (Phi) is 11.9. The number of aliphatic carboxylic acids is 1. The van der Waals surface area contributed by atoms with E-state index in [1.54, 1.807) is 7.11 Å². The van der Waals surface area contributed by atoms with E-state index >= 15 is 0 Å². The van der Waals surface area contributed by atoms with Crippen molar-refractivity contribution in [3.05, 3.63) is 48.0 Å². The van der Waals surface area contributed by atoms with Crippen molar-refractivity contribution >= 4 is 11.9 Å². The number of unbranched alkanes of at least 4 members (excludes halogenated alkanes) is 2. The number of likely N-dealkylation sites (tertiary alicyclic amines) is 1. The Morgan fingerprint density at radius 3 is 2.44 bits per heavy atom.